The molecule has 2 aromatic rings. The summed E-state index contributed by atoms with van der Waals surface area (Å²) >= 11 is 0. The standard InChI is InChI=1S/C16H22N6O/c23-16(18-13-5-1-2-6-13)12-4-3-9-21(10-12)15-8-7-14-19-17-11-22(14)20-15/h7-8,11-13H,1-6,9-10H2,(H,18,23). The molecular weight excluding hydrogens is 292 g/mol. The van der Waals surface area contributed by atoms with Crippen molar-refractivity contribution in [3.8, 4) is 0 Å². The number of nitrogens with one attached hydrogen (secondary N) is 1. The fraction of sp³-hybridized carbons (Fsp3) is 0.625. The van der Waals surface area contributed by atoms with Crippen molar-refractivity contribution in [2.75, 3.05) is 18.0 Å². The zero-order valence-corrected chi connectivity index (χ0v) is 13.2. The quantitative estimate of drug-likeness (QED) is 0.927. The Balaban J connectivity index is 1.44. The Bertz CT molecular complexity index is 693. The van der Waals surface area contributed by atoms with Crippen molar-refractivity contribution in [3.63, 3.8) is 0 Å². The minimum Gasteiger partial charge on any atom is -0.354 e. The highest BCUT2D eigenvalue weighted by Gasteiger charge is 2.28. The Hall–Kier alpha value is -2.18. The molecule has 1 aliphatic carbocycles. The molecule has 3 heterocycles. The largest absolute Gasteiger partial charge is 0.354 e. The SMILES string of the molecule is O=C(NC1CCCC1)C1CCCN(c2ccc3nncn3n2)C1. The van der Waals surface area contributed by atoms with Gasteiger partial charge in [-0.1, -0.05) is 12.8 Å². The molecule has 0 bridgehead atoms. The lowest BCUT2D eigenvalue weighted by atomic mass is 9.96. The average molecular weight is 314 g/mol. The number of hydrogen-bond donors (Lipinski definition) is 1. The summed E-state index contributed by atoms with van der Waals surface area (Å²) in [5.41, 5.74) is 0.737. The Morgan fingerprint density at radius 3 is 2.91 bits per heavy atom. The molecule has 1 unspecified atom stereocenters. The normalized spacial score (nSPS) is 22.6. The highest BCUT2D eigenvalue weighted by molar-refractivity contribution is 5.79. The van der Waals surface area contributed by atoms with Gasteiger partial charge in [0.25, 0.3) is 0 Å². The number of rotatable bonds is 3. The molecule has 1 atom stereocenters. The molecule has 0 aromatic carbocycles. The third kappa shape index (κ3) is 3.00. The van der Waals surface area contributed by atoms with E-state index in [1.165, 1.54) is 12.8 Å². The zero-order chi connectivity index (χ0) is 15.6. The van der Waals surface area contributed by atoms with Crippen LogP contribution in [-0.4, -0.2) is 44.8 Å². The first kappa shape index (κ1) is 14.4. The minimum absolute atomic E-state index is 0.0581. The summed E-state index contributed by atoms with van der Waals surface area (Å²) < 4.78 is 1.68. The molecule has 0 spiro atoms. The zero-order valence-electron chi connectivity index (χ0n) is 13.2. The van der Waals surface area contributed by atoms with E-state index in [0.29, 0.717) is 6.04 Å². The van der Waals surface area contributed by atoms with Crippen molar-refractivity contribution >= 4 is 17.4 Å². The van der Waals surface area contributed by atoms with Crippen LogP contribution in [0.2, 0.25) is 0 Å². The van der Waals surface area contributed by atoms with E-state index < -0.39 is 0 Å². The van der Waals surface area contributed by atoms with Gasteiger partial charge in [-0.15, -0.1) is 15.3 Å². The predicted molar refractivity (Wildman–Crippen MR) is 86.1 cm³/mol. The Morgan fingerprint density at radius 2 is 2.04 bits per heavy atom. The molecule has 1 N–H and O–H groups in total. The average Bonchev–Trinajstić information content (AvgIpc) is 3.25. The van der Waals surface area contributed by atoms with Crippen molar-refractivity contribution in [3.05, 3.63) is 18.5 Å². The van der Waals surface area contributed by atoms with Crippen LogP contribution in [0, 0.1) is 5.92 Å². The van der Waals surface area contributed by atoms with Gasteiger partial charge >= 0.3 is 0 Å². The van der Waals surface area contributed by atoms with Crippen LogP contribution in [0.15, 0.2) is 18.5 Å². The number of carbonyl (C=O) groups excluding carboxylic acids is 1. The molecule has 0 radical (unpaired) electrons. The van der Waals surface area contributed by atoms with Crippen LogP contribution in [0.3, 0.4) is 0 Å². The molecule has 7 nitrogen and oxygen atoms in total. The summed E-state index contributed by atoms with van der Waals surface area (Å²) in [5.74, 6) is 1.16. The summed E-state index contributed by atoms with van der Waals surface area (Å²) in [6.07, 6.45) is 8.33. The van der Waals surface area contributed by atoms with E-state index in [1.807, 2.05) is 12.1 Å². The molecule has 122 valence electrons. The van der Waals surface area contributed by atoms with Gasteiger partial charge < -0.3 is 10.2 Å². The molecule has 2 fully saturated rings. The lowest BCUT2D eigenvalue weighted by Gasteiger charge is -2.33. The maximum absolute atomic E-state index is 12.5. The van der Waals surface area contributed by atoms with E-state index in [0.717, 1.165) is 50.2 Å². The number of piperidine rings is 1. The number of anilines is 1. The van der Waals surface area contributed by atoms with E-state index in [4.69, 9.17) is 0 Å². The first-order chi connectivity index (χ1) is 11.3. The van der Waals surface area contributed by atoms with E-state index in [-0.39, 0.29) is 11.8 Å². The molecule has 4 rings (SSSR count). The molecule has 23 heavy (non-hydrogen) atoms. The maximum Gasteiger partial charge on any atom is 0.225 e. The van der Waals surface area contributed by atoms with Crippen LogP contribution < -0.4 is 10.2 Å². The van der Waals surface area contributed by atoms with Gasteiger partial charge in [-0.3, -0.25) is 4.79 Å². The third-order valence-electron chi connectivity index (χ3n) is 4.97. The minimum atomic E-state index is 0.0581. The lowest BCUT2D eigenvalue weighted by Crippen LogP contribution is -2.45. The number of amides is 1. The molecule has 2 aromatic heterocycles. The van der Waals surface area contributed by atoms with Crippen LogP contribution in [0.25, 0.3) is 5.65 Å². The second kappa shape index (κ2) is 6.14. The Labute approximate surface area is 135 Å². The second-order valence-corrected chi connectivity index (χ2v) is 6.60. The molecule has 1 saturated heterocycles. The number of nitrogens with zero attached hydrogens (tertiary/aromatic N) is 5. The summed E-state index contributed by atoms with van der Waals surface area (Å²) in [5, 5.41) is 15.6. The van der Waals surface area contributed by atoms with Crippen molar-refractivity contribution in [2.45, 2.75) is 44.6 Å². The van der Waals surface area contributed by atoms with Crippen LogP contribution >= 0.6 is 0 Å². The monoisotopic (exact) mass is 314 g/mol. The van der Waals surface area contributed by atoms with Crippen molar-refractivity contribution in [1.29, 1.82) is 0 Å². The van der Waals surface area contributed by atoms with Crippen LogP contribution in [-0.2, 0) is 4.79 Å². The number of hydrogen-bond acceptors (Lipinski definition) is 5. The smallest absolute Gasteiger partial charge is 0.225 e. The molecule has 1 amide bonds. The summed E-state index contributed by atoms with van der Waals surface area (Å²) in [4.78, 5) is 14.7. The molecular formula is C16H22N6O. The molecule has 1 saturated carbocycles. The first-order valence-corrected chi connectivity index (χ1v) is 8.52. The summed E-state index contributed by atoms with van der Waals surface area (Å²) in [7, 11) is 0. The number of aromatic nitrogens is 4. The van der Waals surface area contributed by atoms with E-state index in [2.05, 4.69) is 25.5 Å². The van der Waals surface area contributed by atoms with E-state index in [1.54, 1.807) is 10.8 Å². The van der Waals surface area contributed by atoms with Gasteiger partial charge in [-0.25, -0.2) is 0 Å². The third-order valence-corrected chi connectivity index (χ3v) is 4.97. The van der Waals surface area contributed by atoms with Crippen molar-refractivity contribution < 1.29 is 4.79 Å². The molecule has 1 aliphatic heterocycles. The highest BCUT2D eigenvalue weighted by atomic mass is 16.2. The van der Waals surface area contributed by atoms with E-state index >= 15 is 0 Å². The van der Waals surface area contributed by atoms with Crippen LogP contribution in [0.1, 0.15) is 38.5 Å². The molecule has 7 heteroatoms. The van der Waals surface area contributed by atoms with Crippen LogP contribution in [0.4, 0.5) is 5.82 Å². The maximum atomic E-state index is 12.5. The fourth-order valence-corrected chi connectivity index (χ4v) is 3.68. The topological polar surface area (TPSA) is 75.4 Å². The number of fused-ring (bicyclic) bond motifs is 1. The van der Waals surface area contributed by atoms with Crippen molar-refractivity contribution in [1.82, 2.24) is 25.1 Å². The van der Waals surface area contributed by atoms with Gasteiger partial charge in [0.2, 0.25) is 5.91 Å². The van der Waals surface area contributed by atoms with Crippen molar-refractivity contribution in [2.24, 2.45) is 5.92 Å². The summed E-state index contributed by atoms with van der Waals surface area (Å²) in [6, 6.07) is 4.27. The first-order valence-electron chi connectivity index (χ1n) is 8.52. The fourth-order valence-electron chi connectivity index (χ4n) is 3.68. The molecule has 2 aliphatic rings. The van der Waals surface area contributed by atoms with Gasteiger partial charge in [-0.05, 0) is 37.8 Å². The summed E-state index contributed by atoms with van der Waals surface area (Å²) in [6.45, 7) is 1.67. The van der Waals surface area contributed by atoms with Gasteiger partial charge in [0.15, 0.2) is 5.65 Å². The van der Waals surface area contributed by atoms with Crippen LogP contribution in [0.5, 0.6) is 0 Å². The highest BCUT2D eigenvalue weighted by Crippen LogP contribution is 2.23. The van der Waals surface area contributed by atoms with Gasteiger partial charge in [-0.2, -0.15) is 4.52 Å². The van der Waals surface area contributed by atoms with Gasteiger partial charge in [0, 0.05) is 19.1 Å². The Kier molecular flexibility index (Phi) is 3.85. The Morgan fingerprint density at radius 1 is 1.17 bits per heavy atom. The number of carbonyl (C=O) groups is 1. The van der Waals surface area contributed by atoms with Gasteiger partial charge in [0.1, 0.15) is 12.1 Å². The lowest BCUT2D eigenvalue weighted by molar-refractivity contribution is -0.125. The van der Waals surface area contributed by atoms with E-state index in [9.17, 15) is 4.79 Å². The predicted octanol–water partition coefficient (Wildman–Crippen LogP) is 1.40. The second-order valence-electron chi connectivity index (χ2n) is 6.60. The van der Waals surface area contributed by atoms with Gasteiger partial charge in [0.05, 0.1) is 5.92 Å².